The van der Waals surface area contributed by atoms with E-state index >= 15 is 0 Å². The third-order valence-electron chi connectivity index (χ3n) is 3.05. The Labute approximate surface area is 199 Å². The van der Waals surface area contributed by atoms with Crippen LogP contribution in [0.5, 0.6) is 0 Å². The van der Waals surface area contributed by atoms with Crippen molar-refractivity contribution in [3.8, 4) is 6.07 Å². The highest BCUT2D eigenvalue weighted by molar-refractivity contribution is 7.09. The first kappa shape index (κ1) is 26.4. The molecule has 0 aromatic carbocycles. The van der Waals surface area contributed by atoms with Crippen LogP contribution in [0.1, 0.15) is 33.2 Å². The zero-order chi connectivity index (χ0) is 23.0. The predicted molar refractivity (Wildman–Crippen MR) is 116 cm³/mol. The fourth-order valence-electron chi connectivity index (χ4n) is 1.59. The van der Waals surface area contributed by atoms with Crippen molar-refractivity contribution in [1.29, 1.82) is 5.26 Å². The van der Waals surface area contributed by atoms with E-state index in [4.69, 9.17) is 51.7 Å². The summed E-state index contributed by atoms with van der Waals surface area (Å²) in [5, 5.41) is 13.7. The standard InChI is InChI=1S/C8H8Cl2N2O3S.C7H5Cl2N3OS/c1-3(8(14)15-2)11-7(13)5-4(9)6(10)12-16-5;1-3(2-10)11-7(13)5-4(8)6(9)12-14-5/h3H,1-2H3,(H,11,13);3H,1H3,(H,11,13). The quantitative estimate of drug-likeness (QED) is 0.558. The highest BCUT2D eigenvalue weighted by atomic mass is 35.5. The van der Waals surface area contributed by atoms with Crippen LogP contribution in [0.25, 0.3) is 0 Å². The Morgan fingerprint density at radius 3 is 1.73 bits per heavy atom. The highest BCUT2D eigenvalue weighted by Gasteiger charge is 2.22. The van der Waals surface area contributed by atoms with E-state index in [1.807, 2.05) is 6.07 Å². The second-order valence-electron chi connectivity index (χ2n) is 5.28. The van der Waals surface area contributed by atoms with E-state index in [1.54, 1.807) is 6.92 Å². The number of rotatable bonds is 5. The van der Waals surface area contributed by atoms with Crippen LogP contribution in [0.3, 0.4) is 0 Å². The van der Waals surface area contributed by atoms with Gasteiger partial charge < -0.3 is 15.4 Å². The molecule has 30 heavy (non-hydrogen) atoms. The number of aromatic nitrogens is 2. The number of halogens is 4. The molecular formula is C15H13Cl4N5O4S2. The van der Waals surface area contributed by atoms with Gasteiger partial charge in [0.15, 0.2) is 10.3 Å². The SMILES string of the molecule is CC(C#N)NC(=O)c1snc(Cl)c1Cl.COC(=O)C(C)NC(=O)c1snc(Cl)c1Cl. The topological polar surface area (TPSA) is 134 Å². The van der Waals surface area contributed by atoms with Gasteiger partial charge in [0.25, 0.3) is 11.8 Å². The number of ether oxygens (including phenoxy) is 1. The van der Waals surface area contributed by atoms with Gasteiger partial charge in [-0.15, -0.1) is 0 Å². The van der Waals surface area contributed by atoms with E-state index in [-0.39, 0.29) is 30.1 Å². The third-order valence-corrected chi connectivity index (χ3v) is 6.64. The molecule has 0 aliphatic heterocycles. The van der Waals surface area contributed by atoms with E-state index in [0.29, 0.717) is 0 Å². The molecule has 0 spiro atoms. The summed E-state index contributed by atoms with van der Waals surface area (Å²) in [6.07, 6.45) is 0. The molecule has 0 aliphatic rings. The number of methoxy groups -OCH3 is 1. The Morgan fingerprint density at radius 2 is 1.40 bits per heavy atom. The average molecular weight is 533 g/mol. The Hall–Kier alpha value is -1.68. The van der Waals surface area contributed by atoms with Crippen LogP contribution in [0.2, 0.25) is 20.4 Å². The molecule has 2 heterocycles. The molecule has 0 aliphatic carbocycles. The van der Waals surface area contributed by atoms with E-state index in [0.717, 1.165) is 23.1 Å². The number of amides is 2. The first-order valence-corrected chi connectivity index (χ1v) is 10.8. The predicted octanol–water partition coefficient (Wildman–Crippen LogP) is 3.83. The minimum atomic E-state index is -0.755. The number of hydrogen-bond donors (Lipinski definition) is 2. The maximum atomic E-state index is 11.6. The summed E-state index contributed by atoms with van der Waals surface area (Å²) in [5.41, 5.74) is 0. The summed E-state index contributed by atoms with van der Waals surface area (Å²) in [5.74, 6) is -1.49. The lowest BCUT2D eigenvalue weighted by molar-refractivity contribution is -0.142. The van der Waals surface area contributed by atoms with Crippen molar-refractivity contribution in [2.45, 2.75) is 25.9 Å². The van der Waals surface area contributed by atoms with Gasteiger partial charge >= 0.3 is 5.97 Å². The number of carbonyl (C=O) groups excluding carboxylic acids is 3. The van der Waals surface area contributed by atoms with E-state index in [1.165, 1.54) is 14.0 Å². The summed E-state index contributed by atoms with van der Waals surface area (Å²) in [7, 11) is 1.24. The molecule has 9 nitrogen and oxygen atoms in total. The van der Waals surface area contributed by atoms with E-state index in [2.05, 4.69) is 24.1 Å². The molecule has 2 aromatic heterocycles. The molecular weight excluding hydrogens is 520 g/mol. The van der Waals surface area contributed by atoms with Crippen molar-refractivity contribution < 1.29 is 19.1 Å². The number of nitrogens with one attached hydrogen (secondary N) is 2. The number of esters is 1. The molecule has 0 saturated carbocycles. The molecule has 15 heteroatoms. The van der Waals surface area contributed by atoms with E-state index < -0.39 is 29.9 Å². The summed E-state index contributed by atoms with van der Waals surface area (Å²) in [4.78, 5) is 34.5. The fraction of sp³-hybridized carbons (Fsp3) is 0.333. The smallest absolute Gasteiger partial charge is 0.328 e. The van der Waals surface area contributed by atoms with Gasteiger partial charge in [-0.25, -0.2) is 4.79 Å². The Morgan fingerprint density at radius 1 is 0.967 bits per heavy atom. The van der Waals surface area contributed by atoms with Gasteiger partial charge in [0.1, 0.15) is 31.9 Å². The number of hydrogen-bond acceptors (Lipinski definition) is 9. The second kappa shape index (κ2) is 12.2. The van der Waals surface area contributed by atoms with Crippen LogP contribution in [0.4, 0.5) is 0 Å². The average Bonchev–Trinajstić information content (AvgIpc) is 3.23. The summed E-state index contributed by atoms with van der Waals surface area (Å²) in [6, 6.07) is 0.543. The molecule has 0 radical (unpaired) electrons. The van der Waals surface area contributed by atoms with Gasteiger partial charge in [-0.1, -0.05) is 46.4 Å². The molecule has 2 unspecified atom stereocenters. The van der Waals surface area contributed by atoms with Crippen LogP contribution in [0.15, 0.2) is 0 Å². The molecule has 0 saturated heterocycles. The van der Waals surface area contributed by atoms with Crippen molar-refractivity contribution in [3.05, 3.63) is 30.1 Å². The maximum absolute atomic E-state index is 11.6. The van der Waals surface area contributed by atoms with Crippen LogP contribution < -0.4 is 10.6 Å². The van der Waals surface area contributed by atoms with Crippen molar-refractivity contribution in [2.24, 2.45) is 0 Å². The van der Waals surface area contributed by atoms with Gasteiger partial charge in [0, 0.05) is 0 Å². The molecule has 0 bridgehead atoms. The van der Waals surface area contributed by atoms with E-state index in [9.17, 15) is 14.4 Å². The Bertz CT molecular complexity index is 975. The lowest BCUT2D eigenvalue weighted by Crippen LogP contribution is -2.38. The molecule has 2 atom stereocenters. The van der Waals surface area contributed by atoms with Gasteiger partial charge in [0.2, 0.25) is 0 Å². The van der Waals surface area contributed by atoms with Crippen LogP contribution in [0, 0.1) is 11.3 Å². The summed E-state index contributed by atoms with van der Waals surface area (Å²) in [6.45, 7) is 3.06. The van der Waals surface area contributed by atoms with Gasteiger partial charge in [0.05, 0.1) is 13.2 Å². The first-order chi connectivity index (χ1) is 14.0. The first-order valence-electron chi connectivity index (χ1n) is 7.73. The molecule has 2 N–H and O–H groups in total. The van der Waals surface area contributed by atoms with Crippen LogP contribution in [-0.2, 0) is 9.53 Å². The summed E-state index contributed by atoms with van der Waals surface area (Å²) >= 11 is 24.4. The Kier molecular flexibility index (Phi) is 10.8. The monoisotopic (exact) mass is 531 g/mol. The third kappa shape index (κ3) is 7.23. The molecule has 2 rings (SSSR count). The van der Waals surface area contributed by atoms with Gasteiger partial charge in [-0.05, 0) is 36.9 Å². The van der Waals surface area contributed by atoms with Crippen molar-refractivity contribution in [2.75, 3.05) is 7.11 Å². The lowest BCUT2D eigenvalue weighted by atomic mass is 10.3. The normalized spacial score (nSPS) is 11.9. The fourth-order valence-corrected chi connectivity index (χ4v) is 3.83. The molecule has 162 valence electrons. The zero-order valence-corrected chi connectivity index (χ0v) is 20.1. The maximum Gasteiger partial charge on any atom is 0.328 e. The largest absolute Gasteiger partial charge is 0.467 e. The Balaban J connectivity index is 0.000000303. The van der Waals surface area contributed by atoms with Crippen LogP contribution >= 0.6 is 69.5 Å². The zero-order valence-electron chi connectivity index (χ0n) is 15.5. The van der Waals surface area contributed by atoms with Crippen molar-refractivity contribution in [3.63, 3.8) is 0 Å². The lowest BCUT2D eigenvalue weighted by Gasteiger charge is -2.10. The minimum absolute atomic E-state index is 0.0718. The molecule has 2 amide bonds. The highest BCUT2D eigenvalue weighted by Crippen LogP contribution is 2.29. The number of nitrogens with zero attached hydrogens (tertiary/aromatic N) is 3. The van der Waals surface area contributed by atoms with Gasteiger partial charge in [-0.2, -0.15) is 14.0 Å². The van der Waals surface area contributed by atoms with Crippen molar-refractivity contribution >= 4 is 87.3 Å². The van der Waals surface area contributed by atoms with Crippen molar-refractivity contribution in [1.82, 2.24) is 19.4 Å². The molecule has 0 fully saturated rings. The number of carbonyl (C=O) groups is 3. The summed E-state index contributed by atoms with van der Waals surface area (Å²) < 4.78 is 11.9. The number of nitriles is 1. The molecule has 2 aromatic rings. The van der Waals surface area contributed by atoms with Gasteiger partial charge in [-0.3, -0.25) is 9.59 Å². The minimum Gasteiger partial charge on any atom is -0.467 e. The second-order valence-corrected chi connectivity index (χ2v) is 8.29. The van der Waals surface area contributed by atoms with Crippen LogP contribution in [-0.4, -0.2) is 45.7 Å².